The number of ketones is 1. The number of methoxy groups -OCH3 is 2. The van der Waals surface area contributed by atoms with Gasteiger partial charge in [-0.2, -0.15) is 0 Å². The Morgan fingerprint density at radius 3 is 2.46 bits per heavy atom. The number of amidine groups is 1. The zero-order chi connectivity index (χ0) is 27.4. The number of carbonyl (C=O) groups is 2. The standard InChI is InChI=1S/C28H22N4O6S/c1-36-21-13-11-20(12-14-21)32-25(27(35)38-30-32)24(33)17-39-28-29-23(16-18-7-6-10-22(15-18)37-2)26(34)31(28)19-8-4-3-5-9-19/h3-16H,17H2,1-2H3/p+1/b23-16+. The summed E-state index contributed by atoms with van der Waals surface area (Å²) in [5, 5.41) is 2.78. The number of Topliss-reactive ketones (excluding diaryl/α,β-unsaturated/α-hetero) is 1. The summed E-state index contributed by atoms with van der Waals surface area (Å²) in [7, 11) is 3.11. The fourth-order valence-electron chi connectivity index (χ4n) is 3.91. The number of aromatic nitrogens is 2. The molecule has 10 nitrogen and oxygen atoms in total. The first kappa shape index (κ1) is 25.7. The van der Waals surface area contributed by atoms with E-state index in [1.165, 1.54) is 9.58 Å². The Morgan fingerprint density at radius 2 is 1.74 bits per heavy atom. The first-order chi connectivity index (χ1) is 19.0. The summed E-state index contributed by atoms with van der Waals surface area (Å²) in [6.45, 7) is 0. The Morgan fingerprint density at radius 1 is 1.00 bits per heavy atom. The van der Waals surface area contributed by atoms with Crippen molar-refractivity contribution >= 4 is 40.4 Å². The number of amides is 1. The first-order valence-corrected chi connectivity index (χ1v) is 12.7. The SMILES string of the molecule is COc1ccc(-[n+]2[nH]oc(=O)c2C(=O)CSC2=N/C(=C/c3cccc(OC)c3)C(=O)N2c2ccccc2)cc1. The smallest absolute Gasteiger partial charge is 0.438 e. The summed E-state index contributed by atoms with van der Waals surface area (Å²) >= 11 is 1.05. The molecule has 0 unspecified atom stereocenters. The number of rotatable bonds is 8. The van der Waals surface area contributed by atoms with Gasteiger partial charge in [0.25, 0.3) is 5.91 Å². The molecule has 1 aliphatic rings. The molecule has 0 atom stereocenters. The summed E-state index contributed by atoms with van der Waals surface area (Å²) in [6.07, 6.45) is 1.66. The number of para-hydroxylation sites is 1. The fourth-order valence-corrected chi connectivity index (χ4v) is 4.79. The largest absolute Gasteiger partial charge is 0.497 e. The lowest BCUT2D eigenvalue weighted by molar-refractivity contribution is -0.672. The van der Waals surface area contributed by atoms with Gasteiger partial charge in [-0.1, -0.05) is 42.1 Å². The third kappa shape index (κ3) is 5.39. The number of nitrogens with zero attached hydrogens (tertiary/aromatic N) is 3. The minimum absolute atomic E-state index is 0.166. The second kappa shape index (κ2) is 11.2. The van der Waals surface area contributed by atoms with E-state index in [1.54, 1.807) is 68.8 Å². The highest BCUT2D eigenvalue weighted by Crippen LogP contribution is 2.30. The third-order valence-corrected chi connectivity index (χ3v) is 6.75. The molecule has 0 bridgehead atoms. The van der Waals surface area contributed by atoms with E-state index in [2.05, 4.69) is 10.3 Å². The van der Waals surface area contributed by atoms with Gasteiger partial charge in [0.15, 0.2) is 5.17 Å². The molecule has 0 aliphatic carbocycles. The lowest BCUT2D eigenvalue weighted by atomic mass is 10.2. The summed E-state index contributed by atoms with van der Waals surface area (Å²) < 4.78 is 16.6. The molecule has 11 heteroatoms. The zero-order valence-electron chi connectivity index (χ0n) is 21.0. The highest BCUT2D eigenvalue weighted by Gasteiger charge is 2.35. The quantitative estimate of drug-likeness (QED) is 0.205. The molecule has 5 rings (SSSR count). The molecule has 1 amide bonds. The number of carbonyl (C=O) groups excluding carboxylic acids is 2. The van der Waals surface area contributed by atoms with E-state index in [-0.39, 0.29) is 23.1 Å². The van der Waals surface area contributed by atoms with Crippen LogP contribution in [0.1, 0.15) is 16.1 Å². The molecule has 1 aliphatic heterocycles. The van der Waals surface area contributed by atoms with Crippen molar-refractivity contribution in [2.75, 3.05) is 24.9 Å². The van der Waals surface area contributed by atoms with Crippen molar-refractivity contribution in [2.45, 2.75) is 0 Å². The van der Waals surface area contributed by atoms with Crippen LogP contribution in [-0.4, -0.2) is 42.1 Å². The number of anilines is 1. The molecule has 1 N–H and O–H groups in total. The van der Waals surface area contributed by atoms with Crippen molar-refractivity contribution in [3.8, 4) is 17.2 Å². The summed E-state index contributed by atoms with van der Waals surface area (Å²) in [5.41, 5.74) is 1.07. The Hall–Kier alpha value is -4.90. The molecular weight excluding hydrogens is 520 g/mol. The van der Waals surface area contributed by atoms with Crippen LogP contribution in [0.4, 0.5) is 5.69 Å². The van der Waals surface area contributed by atoms with Crippen molar-refractivity contribution in [1.82, 2.24) is 5.27 Å². The predicted molar refractivity (Wildman–Crippen MR) is 147 cm³/mol. The molecule has 39 heavy (non-hydrogen) atoms. The second-order valence-corrected chi connectivity index (χ2v) is 9.19. The molecule has 0 saturated carbocycles. The number of hydrogen-bond acceptors (Lipinski definition) is 8. The number of benzene rings is 3. The lowest BCUT2D eigenvalue weighted by Gasteiger charge is -2.17. The first-order valence-electron chi connectivity index (χ1n) is 11.8. The van der Waals surface area contributed by atoms with E-state index in [0.29, 0.717) is 28.0 Å². The van der Waals surface area contributed by atoms with Gasteiger partial charge < -0.3 is 9.47 Å². The van der Waals surface area contributed by atoms with Gasteiger partial charge in [0.1, 0.15) is 17.2 Å². The summed E-state index contributed by atoms with van der Waals surface area (Å²) in [5.74, 6) is 0.263. The monoisotopic (exact) mass is 543 g/mol. The minimum Gasteiger partial charge on any atom is -0.497 e. The molecule has 1 aromatic heterocycles. The van der Waals surface area contributed by atoms with Gasteiger partial charge in [0.05, 0.1) is 25.7 Å². The van der Waals surface area contributed by atoms with Gasteiger partial charge in [-0.25, -0.2) is 9.79 Å². The van der Waals surface area contributed by atoms with E-state index < -0.39 is 11.4 Å². The van der Waals surface area contributed by atoms with Gasteiger partial charge in [0.2, 0.25) is 11.5 Å². The predicted octanol–water partition coefficient (Wildman–Crippen LogP) is 3.62. The summed E-state index contributed by atoms with van der Waals surface area (Å²) in [6, 6.07) is 23.0. The molecule has 4 aromatic rings. The van der Waals surface area contributed by atoms with Crippen LogP contribution in [0.25, 0.3) is 11.8 Å². The maximum absolute atomic E-state index is 13.4. The second-order valence-electron chi connectivity index (χ2n) is 8.25. The van der Waals surface area contributed by atoms with Gasteiger partial charge in [-0.3, -0.25) is 19.0 Å². The normalized spacial score (nSPS) is 14.0. The Labute approximate surface area is 227 Å². The molecule has 196 valence electrons. The van der Waals surface area contributed by atoms with Gasteiger partial charge in [-0.05, 0) is 58.0 Å². The molecule has 0 radical (unpaired) electrons. The lowest BCUT2D eigenvalue weighted by Crippen LogP contribution is -2.41. The van der Waals surface area contributed by atoms with E-state index in [1.807, 2.05) is 30.3 Å². The number of aliphatic imine (C=N–C) groups is 1. The van der Waals surface area contributed by atoms with Crippen molar-refractivity contribution < 1.29 is 28.3 Å². The molecule has 0 spiro atoms. The average Bonchev–Trinajstić information content (AvgIpc) is 3.51. The van der Waals surface area contributed by atoms with Gasteiger partial charge in [0, 0.05) is 12.1 Å². The fraction of sp³-hybridized carbons (Fsp3) is 0.107. The maximum atomic E-state index is 13.4. The van der Waals surface area contributed by atoms with E-state index in [0.717, 1.165) is 17.3 Å². The van der Waals surface area contributed by atoms with Crippen LogP contribution < -0.4 is 24.7 Å². The van der Waals surface area contributed by atoms with Crippen molar-refractivity contribution in [2.24, 2.45) is 4.99 Å². The highest BCUT2D eigenvalue weighted by atomic mass is 32.2. The Bertz CT molecular complexity index is 1640. The number of hydrogen-bond donors (Lipinski definition) is 1. The van der Waals surface area contributed by atoms with Crippen LogP contribution in [0.5, 0.6) is 11.5 Å². The average molecular weight is 544 g/mol. The van der Waals surface area contributed by atoms with Gasteiger partial charge >= 0.3 is 11.3 Å². The van der Waals surface area contributed by atoms with Crippen molar-refractivity contribution in [3.63, 3.8) is 0 Å². The van der Waals surface area contributed by atoms with E-state index in [9.17, 15) is 14.4 Å². The van der Waals surface area contributed by atoms with Gasteiger partial charge in [-0.15, -0.1) is 0 Å². The van der Waals surface area contributed by atoms with E-state index in [4.69, 9.17) is 14.0 Å². The third-order valence-electron chi connectivity index (χ3n) is 5.81. The number of nitrogens with one attached hydrogen (secondary N) is 1. The molecule has 2 heterocycles. The highest BCUT2D eigenvalue weighted by molar-refractivity contribution is 8.14. The van der Waals surface area contributed by atoms with Crippen LogP contribution in [0.2, 0.25) is 0 Å². The van der Waals surface area contributed by atoms with Crippen LogP contribution >= 0.6 is 11.8 Å². The van der Waals surface area contributed by atoms with Crippen LogP contribution in [-0.2, 0) is 4.79 Å². The topological polar surface area (TPSA) is 118 Å². The zero-order valence-corrected chi connectivity index (χ0v) is 21.8. The minimum atomic E-state index is -0.806. The molecule has 0 saturated heterocycles. The number of aromatic amines is 1. The Balaban J connectivity index is 1.43. The van der Waals surface area contributed by atoms with Crippen LogP contribution in [0, 0.1) is 0 Å². The van der Waals surface area contributed by atoms with E-state index >= 15 is 0 Å². The number of ether oxygens (including phenoxy) is 2. The molecule has 3 aromatic carbocycles. The number of H-pyrrole nitrogens is 1. The summed E-state index contributed by atoms with van der Waals surface area (Å²) in [4.78, 5) is 45.1. The molecular formula is C28H23N4O6S+. The van der Waals surface area contributed by atoms with Crippen LogP contribution in [0.15, 0.2) is 98.9 Å². The Kier molecular flexibility index (Phi) is 7.41. The van der Waals surface area contributed by atoms with Crippen molar-refractivity contribution in [1.29, 1.82) is 0 Å². The maximum Gasteiger partial charge on any atom is 0.438 e. The van der Waals surface area contributed by atoms with Crippen molar-refractivity contribution in [3.05, 3.63) is 106 Å². The number of thioether (sulfide) groups is 1. The molecule has 0 fully saturated rings. The van der Waals surface area contributed by atoms with Crippen LogP contribution in [0.3, 0.4) is 0 Å².